The zero-order chi connectivity index (χ0) is 12.1. The van der Waals surface area contributed by atoms with Gasteiger partial charge in [0.15, 0.2) is 0 Å². The lowest BCUT2D eigenvalue weighted by Crippen LogP contribution is -2.50. The van der Waals surface area contributed by atoms with E-state index in [9.17, 15) is 14.3 Å². The molecule has 0 aliphatic carbocycles. The van der Waals surface area contributed by atoms with Crippen LogP contribution in [0.2, 0.25) is 0 Å². The maximum absolute atomic E-state index is 12.3. The fourth-order valence-electron chi connectivity index (χ4n) is 2.34. The molecule has 94 valence electrons. The number of alkyl halides is 1. The number of halogens is 1. The van der Waals surface area contributed by atoms with E-state index in [0.717, 1.165) is 0 Å². The molecule has 5 heteroatoms. The minimum atomic E-state index is -0.835. The van der Waals surface area contributed by atoms with Gasteiger partial charge in [0, 0.05) is 19.0 Å². The number of aliphatic hydroxyl groups is 1. The molecule has 16 heavy (non-hydrogen) atoms. The molecular formula is C11H20FNO3. The molecule has 3 unspecified atom stereocenters. The number of carboxylic acid groups (broad SMARTS) is 1. The minimum Gasteiger partial charge on any atom is -0.480 e. The molecule has 1 aliphatic heterocycles. The van der Waals surface area contributed by atoms with Gasteiger partial charge < -0.3 is 10.2 Å². The lowest BCUT2D eigenvalue weighted by atomic mass is 9.91. The quantitative estimate of drug-likeness (QED) is 0.740. The van der Waals surface area contributed by atoms with Crippen molar-refractivity contribution in [2.75, 3.05) is 19.8 Å². The zero-order valence-corrected chi connectivity index (χ0v) is 9.60. The van der Waals surface area contributed by atoms with Crippen LogP contribution < -0.4 is 0 Å². The van der Waals surface area contributed by atoms with E-state index in [0.29, 0.717) is 32.4 Å². The Hall–Kier alpha value is -0.680. The average Bonchev–Trinajstić information content (AvgIpc) is 2.23. The second-order valence-corrected chi connectivity index (χ2v) is 4.35. The summed E-state index contributed by atoms with van der Waals surface area (Å²) >= 11 is 0. The summed E-state index contributed by atoms with van der Waals surface area (Å²) < 4.78 is 12.3. The number of hydrogen-bond acceptors (Lipinski definition) is 3. The Morgan fingerprint density at radius 1 is 1.62 bits per heavy atom. The number of aliphatic carboxylic acids is 1. The number of aliphatic hydroxyl groups excluding tert-OH is 1. The molecule has 1 fully saturated rings. The fraction of sp³-hybridized carbons (Fsp3) is 0.909. The fourth-order valence-corrected chi connectivity index (χ4v) is 2.34. The number of likely N-dealkylation sites (tertiary alicyclic amines) is 1. The first kappa shape index (κ1) is 13.4. The highest BCUT2D eigenvalue weighted by Crippen LogP contribution is 2.23. The highest BCUT2D eigenvalue weighted by atomic mass is 19.1. The van der Waals surface area contributed by atoms with E-state index >= 15 is 0 Å². The molecule has 0 spiro atoms. The zero-order valence-electron chi connectivity index (χ0n) is 9.60. The van der Waals surface area contributed by atoms with Crippen molar-refractivity contribution in [3.05, 3.63) is 0 Å². The molecular weight excluding hydrogens is 213 g/mol. The van der Waals surface area contributed by atoms with Gasteiger partial charge in [0.1, 0.15) is 6.04 Å². The van der Waals surface area contributed by atoms with Gasteiger partial charge in [0.2, 0.25) is 0 Å². The smallest absolute Gasteiger partial charge is 0.320 e. The summed E-state index contributed by atoms with van der Waals surface area (Å²) in [4.78, 5) is 12.8. The van der Waals surface area contributed by atoms with Gasteiger partial charge in [-0.3, -0.25) is 14.1 Å². The van der Waals surface area contributed by atoms with E-state index in [1.165, 1.54) is 0 Å². The predicted molar refractivity (Wildman–Crippen MR) is 58.0 cm³/mol. The van der Waals surface area contributed by atoms with Crippen LogP contribution >= 0.6 is 0 Å². The van der Waals surface area contributed by atoms with Crippen LogP contribution in [0.4, 0.5) is 4.39 Å². The number of piperidine rings is 1. The topological polar surface area (TPSA) is 60.8 Å². The Morgan fingerprint density at radius 2 is 2.31 bits per heavy atom. The van der Waals surface area contributed by atoms with E-state index in [4.69, 9.17) is 5.11 Å². The first-order valence-corrected chi connectivity index (χ1v) is 5.81. The van der Waals surface area contributed by atoms with Crippen molar-refractivity contribution in [3.8, 4) is 0 Å². The molecule has 2 N–H and O–H groups in total. The van der Waals surface area contributed by atoms with Gasteiger partial charge in [-0.05, 0) is 19.3 Å². The number of hydrogen-bond donors (Lipinski definition) is 2. The molecule has 0 bridgehead atoms. The van der Waals surface area contributed by atoms with Crippen molar-refractivity contribution in [2.45, 2.75) is 38.3 Å². The maximum Gasteiger partial charge on any atom is 0.320 e. The number of carboxylic acids is 1. The van der Waals surface area contributed by atoms with Gasteiger partial charge in [-0.1, -0.05) is 6.92 Å². The molecule has 4 nitrogen and oxygen atoms in total. The Balaban J connectivity index is 2.59. The maximum atomic E-state index is 12.3. The SMILES string of the molecule is CCC(C(=O)O)N1CCC(O)C(CCF)C1. The molecule has 0 aromatic rings. The average molecular weight is 233 g/mol. The molecule has 0 aromatic heterocycles. The van der Waals surface area contributed by atoms with Gasteiger partial charge in [0.05, 0.1) is 12.8 Å². The van der Waals surface area contributed by atoms with Crippen LogP contribution in [0.25, 0.3) is 0 Å². The molecule has 1 aliphatic rings. The third-order valence-corrected chi connectivity index (χ3v) is 3.32. The predicted octanol–water partition coefficient (Wildman–Crippen LogP) is 0.892. The van der Waals surface area contributed by atoms with Crippen LogP contribution in [-0.2, 0) is 4.79 Å². The normalized spacial score (nSPS) is 28.9. The largest absolute Gasteiger partial charge is 0.480 e. The van der Waals surface area contributed by atoms with Crippen LogP contribution in [-0.4, -0.2) is 53.0 Å². The molecule has 1 heterocycles. The van der Waals surface area contributed by atoms with Gasteiger partial charge in [-0.15, -0.1) is 0 Å². The monoisotopic (exact) mass is 233 g/mol. The molecule has 0 aromatic carbocycles. The minimum absolute atomic E-state index is 0.132. The summed E-state index contributed by atoms with van der Waals surface area (Å²) in [5.74, 6) is -0.968. The molecule has 0 amide bonds. The highest BCUT2D eigenvalue weighted by Gasteiger charge is 2.33. The van der Waals surface area contributed by atoms with Gasteiger partial charge in [0.25, 0.3) is 0 Å². The van der Waals surface area contributed by atoms with E-state index < -0.39 is 24.8 Å². The van der Waals surface area contributed by atoms with Crippen LogP contribution in [0.5, 0.6) is 0 Å². The summed E-state index contributed by atoms with van der Waals surface area (Å²) in [5.41, 5.74) is 0. The molecule has 1 rings (SSSR count). The van der Waals surface area contributed by atoms with E-state index in [-0.39, 0.29) is 5.92 Å². The number of rotatable bonds is 5. The van der Waals surface area contributed by atoms with Crippen LogP contribution in [0.3, 0.4) is 0 Å². The summed E-state index contributed by atoms with van der Waals surface area (Å²) in [7, 11) is 0. The second kappa shape index (κ2) is 6.15. The van der Waals surface area contributed by atoms with Crippen molar-refractivity contribution in [1.29, 1.82) is 0 Å². The van der Waals surface area contributed by atoms with Crippen LogP contribution in [0.15, 0.2) is 0 Å². The van der Waals surface area contributed by atoms with Crippen LogP contribution in [0, 0.1) is 5.92 Å². The molecule has 0 saturated carbocycles. The third-order valence-electron chi connectivity index (χ3n) is 3.32. The van der Waals surface area contributed by atoms with E-state index in [1.807, 2.05) is 11.8 Å². The second-order valence-electron chi connectivity index (χ2n) is 4.35. The summed E-state index contributed by atoms with van der Waals surface area (Å²) in [6, 6.07) is -0.505. The summed E-state index contributed by atoms with van der Waals surface area (Å²) in [6.45, 7) is 2.43. The first-order chi connectivity index (χ1) is 7.60. The number of nitrogens with zero attached hydrogens (tertiary/aromatic N) is 1. The third kappa shape index (κ3) is 3.15. The van der Waals surface area contributed by atoms with Gasteiger partial charge in [-0.25, -0.2) is 0 Å². The lowest BCUT2D eigenvalue weighted by Gasteiger charge is -2.38. The van der Waals surface area contributed by atoms with Gasteiger partial charge in [-0.2, -0.15) is 0 Å². The Labute approximate surface area is 95.1 Å². The summed E-state index contributed by atoms with van der Waals surface area (Å²) in [6.07, 6.45) is 0.897. The van der Waals surface area contributed by atoms with E-state index in [1.54, 1.807) is 0 Å². The standard InChI is InChI=1S/C11H20FNO3/c1-2-9(11(15)16)13-6-4-10(14)8(7-13)3-5-12/h8-10,14H,2-7H2,1H3,(H,15,16). The van der Waals surface area contributed by atoms with Crippen molar-refractivity contribution < 1.29 is 19.4 Å². The van der Waals surface area contributed by atoms with Crippen LogP contribution in [0.1, 0.15) is 26.2 Å². The highest BCUT2D eigenvalue weighted by molar-refractivity contribution is 5.73. The Morgan fingerprint density at radius 3 is 2.81 bits per heavy atom. The van der Waals surface area contributed by atoms with E-state index in [2.05, 4.69) is 0 Å². The lowest BCUT2D eigenvalue weighted by molar-refractivity contribution is -0.145. The Bertz CT molecular complexity index is 237. The Kier molecular flexibility index (Phi) is 5.15. The van der Waals surface area contributed by atoms with Gasteiger partial charge >= 0.3 is 5.97 Å². The molecule has 0 radical (unpaired) electrons. The van der Waals surface area contributed by atoms with Crippen molar-refractivity contribution >= 4 is 5.97 Å². The summed E-state index contributed by atoms with van der Waals surface area (Å²) in [5, 5.41) is 18.7. The van der Waals surface area contributed by atoms with Crippen molar-refractivity contribution in [1.82, 2.24) is 4.90 Å². The van der Waals surface area contributed by atoms with Crippen molar-refractivity contribution in [3.63, 3.8) is 0 Å². The first-order valence-electron chi connectivity index (χ1n) is 5.81. The molecule has 3 atom stereocenters. The van der Waals surface area contributed by atoms with Crippen molar-refractivity contribution in [2.24, 2.45) is 5.92 Å². The molecule has 1 saturated heterocycles. The number of carbonyl (C=O) groups is 1.